The number of rotatable bonds is 7. The van der Waals surface area contributed by atoms with Gasteiger partial charge in [0, 0.05) is 12.6 Å². The Hall–Kier alpha value is -3.12. The van der Waals surface area contributed by atoms with E-state index in [4.69, 9.17) is 0 Å². The van der Waals surface area contributed by atoms with Crippen molar-refractivity contribution in [2.75, 3.05) is 11.4 Å². The van der Waals surface area contributed by atoms with Gasteiger partial charge in [-0.3, -0.25) is 9.10 Å². The number of nitrogens with one attached hydrogen (secondary N) is 1. The first-order chi connectivity index (χ1) is 14.7. The lowest BCUT2D eigenvalue weighted by Gasteiger charge is -2.22. The molecule has 0 radical (unpaired) electrons. The Morgan fingerprint density at radius 2 is 1.65 bits per heavy atom. The minimum Gasteiger partial charge on any atom is -0.345 e. The van der Waals surface area contributed by atoms with Crippen LogP contribution in [0.3, 0.4) is 0 Å². The molecule has 0 spiro atoms. The number of hydrogen-bond acceptors (Lipinski definition) is 3. The highest BCUT2D eigenvalue weighted by atomic mass is 32.2. The zero-order valence-corrected chi connectivity index (χ0v) is 19.1. The van der Waals surface area contributed by atoms with E-state index in [2.05, 4.69) is 5.32 Å². The zero-order valence-electron chi connectivity index (χ0n) is 18.3. The lowest BCUT2D eigenvalue weighted by Crippen LogP contribution is -2.29. The molecule has 0 aliphatic carbocycles. The third kappa shape index (κ3) is 4.97. The molecule has 5 nitrogen and oxygen atoms in total. The van der Waals surface area contributed by atoms with Crippen LogP contribution in [0.1, 0.15) is 46.4 Å². The van der Waals surface area contributed by atoms with E-state index < -0.39 is 10.0 Å². The zero-order chi connectivity index (χ0) is 22.6. The van der Waals surface area contributed by atoms with Crippen molar-refractivity contribution in [3.8, 4) is 0 Å². The van der Waals surface area contributed by atoms with Crippen LogP contribution in [0.5, 0.6) is 0 Å². The number of anilines is 1. The van der Waals surface area contributed by atoms with Gasteiger partial charge in [-0.1, -0.05) is 55.0 Å². The number of sulfonamides is 1. The van der Waals surface area contributed by atoms with Crippen molar-refractivity contribution >= 4 is 21.6 Å². The summed E-state index contributed by atoms with van der Waals surface area (Å²) in [5.41, 5.74) is 4.02. The number of carbonyl (C=O) groups excluding carboxylic acids is 1. The Labute approximate surface area is 184 Å². The molecule has 0 fully saturated rings. The van der Waals surface area contributed by atoms with Gasteiger partial charge in [-0.25, -0.2) is 8.42 Å². The number of carbonyl (C=O) groups is 1. The summed E-state index contributed by atoms with van der Waals surface area (Å²) in [6.07, 6.45) is 0.748. The van der Waals surface area contributed by atoms with Crippen LogP contribution in [-0.4, -0.2) is 21.4 Å². The molecule has 0 aliphatic rings. The minimum absolute atomic E-state index is 0.119. The monoisotopic (exact) mass is 436 g/mol. The fraction of sp³-hybridized carbons (Fsp3) is 0.240. The largest absolute Gasteiger partial charge is 0.345 e. The molecule has 1 N–H and O–H groups in total. The van der Waals surface area contributed by atoms with Crippen molar-refractivity contribution in [3.63, 3.8) is 0 Å². The summed E-state index contributed by atoms with van der Waals surface area (Å²) < 4.78 is 27.2. The van der Waals surface area contributed by atoms with Gasteiger partial charge in [-0.15, -0.1) is 0 Å². The molecule has 3 aromatic carbocycles. The van der Waals surface area contributed by atoms with Crippen molar-refractivity contribution in [3.05, 3.63) is 95.1 Å². The molecule has 0 unspecified atom stereocenters. The first kappa shape index (κ1) is 22.6. The molecule has 0 saturated carbocycles. The van der Waals surface area contributed by atoms with E-state index in [0.717, 1.165) is 23.1 Å². The highest BCUT2D eigenvalue weighted by Gasteiger charge is 2.22. The van der Waals surface area contributed by atoms with Crippen LogP contribution in [0.4, 0.5) is 5.69 Å². The molecule has 3 aromatic rings. The van der Waals surface area contributed by atoms with Gasteiger partial charge >= 0.3 is 0 Å². The second-order valence-corrected chi connectivity index (χ2v) is 9.60. The first-order valence-electron chi connectivity index (χ1n) is 10.3. The molecule has 0 saturated heterocycles. The molecule has 1 amide bonds. The van der Waals surface area contributed by atoms with Crippen LogP contribution >= 0.6 is 0 Å². The summed E-state index contributed by atoms with van der Waals surface area (Å²) in [6, 6.07) is 21.2. The van der Waals surface area contributed by atoms with Gasteiger partial charge in [0.1, 0.15) is 0 Å². The Morgan fingerprint density at radius 1 is 0.968 bits per heavy atom. The summed E-state index contributed by atoms with van der Waals surface area (Å²) in [7, 11) is -2.23. The van der Waals surface area contributed by atoms with E-state index in [-0.39, 0.29) is 16.8 Å². The minimum atomic E-state index is -3.73. The average Bonchev–Trinajstić information content (AvgIpc) is 2.77. The lowest BCUT2D eigenvalue weighted by atomic mass is 9.99. The maximum Gasteiger partial charge on any atom is 0.264 e. The molecule has 0 aromatic heterocycles. The summed E-state index contributed by atoms with van der Waals surface area (Å²) in [5.74, 6) is -0.238. The number of aryl methyl sites for hydroxylation is 2. The molecule has 6 heteroatoms. The summed E-state index contributed by atoms with van der Waals surface area (Å²) in [4.78, 5) is 13.2. The van der Waals surface area contributed by atoms with Gasteiger partial charge in [0.2, 0.25) is 0 Å². The van der Waals surface area contributed by atoms with Crippen LogP contribution in [0, 0.1) is 13.8 Å². The highest BCUT2D eigenvalue weighted by molar-refractivity contribution is 7.92. The third-order valence-electron chi connectivity index (χ3n) is 5.43. The maximum absolute atomic E-state index is 13.0. The quantitative estimate of drug-likeness (QED) is 0.566. The fourth-order valence-electron chi connectivity index (χ4n) is 3.47. The third-order valence-corrected chi connectivity index (χ3v) is 7.23. The fourth-order valence-corrected chi connectivity index (χ4v) is 4.66. The molecule has 0 bridgehead atoms. The van der Waals surface area contributed by atoms with E-state index in [9.17, 15) is 13.2 Å². The van der Waals surface area contributed by atoms with E-state index in [1.54, 1.807) is 48.5 Å². The Kier molecular flexibility index (Phi) is 6.81. The van der Waals surface area contributed by atoms with E-state index in [1.165, 1.54) is 11.4 Å². The molecule has 0 aliphatic heterocycles. The normalized spacial score (nSPS) is 12.3. The Balaban J connectivity index is 1.84. The second kappa shape index (κ2) is 9.35. The van der Waals surface area contributed by atoms with Crippen molar-refractivity contribution in [1.29, 1.82) is 0 Å². The smallest absolute Gasteiger partial charge is 0.264 e. The lowest BCUT2D eigenvalue weighted by molar-refractivity contribution is 0.0935. The van der Waals surface area contributed by atoms with Crippen molar-refractivity contribution in [2.24, 2.45) is 0 Å². The molecule has 0 heterocycles. The number of hydrogen-bond donors (Lipinski definition) is 1. The van der Waals surface area contributed by atoms with Gasteiger partial charge in [-0.05, 0) is 61.7 Å². The average molecular weight is 437 g/mol. The first-order valence-corrected chi connectivity index (χ1v) is 11.7. The van der Waals surface area contributed by atoms with E-state index >= 15 is 0 Å². The van der Waals surface area contributed by atoms with Crippen molar-refractivity contribution in [2.45, 2.75) is 38.1 Å². The molecule has 31 heavy (non-hydrogen) atoms. The van der Waals surface area contributed by atoms with Crippen molar-refractivity contribution in [1.82, 2.24) is 5.32 Å². The summed E-state index contributed by atoms with van der Waals surface area (Å²) in [5, 5.41) is 3.08. The van der Waals surface area contributed by atoms with Crippen LogP contribution in [0.25, 0.3) is 0 Å². The molecule has 162 valence electrons. The van der Waals surface area contributed by atoms with Crippen LogP contribution in [0.15, 0.2) is 77.7 Å². The molecule has 1 atom stereocenters. The predicted molar refractivity (Wildman–Crippen MR) is 125 cm³/mol. The summed E-state index contributed by atoms with van der Waals surface area (Å²) >= 11 is 0. The maximum atomic E-state index is 13.0. The Bertz CT molecular complexity index is 1170. The topological polar surface area (TPSA) is 66.5 Å². The molecule has 3 rings (SSSR count). The summed E-state index contributed by atoms with van der Waals surface area (Å²) in [6.45, 7) is 5.95. The van der Waals surface area contributed by atoms with E-state index in [0.29, 0.717) is 11.3 Å². The standard InChI is InChI=1S/C25H28N2O3S/c1-5-24(23-12-7-6-9-19(23)3)26-25(28)20-10-8-11-21(17-20)27(4)31(29,30)22-15-13-18(2)14-16-22/h6-17,24H,5H2,1-4H3,(H,26,28)/t24-/m0/s1. The van der Waals surface area contributed by atoms with E-state index in [1.807, 2.05) is 45.0 Å². The van der Waals surface area contributed by atoms with Gasteiger partial charge in [0.15, 0.2) is 0 Å². The van der Waals surface area contributed by atoms with Crippen molar-refractivity contribution < 1.29 is 13.2 Å². The predicted octanol–water partition coefficient (Wildman–Crippen LogP) is 5.01. The van der Waals surface area contributed by atoms with Gasteiger partial charge in [0.05, 0.1) is 16.6 Å². The van der Waals surface area contributed by atoms with Gasteiger partial charge < -0.3 is 5.32 Å². The molecular weight excluding hydrogens is 408 g/mol. The second-order valence-electron chi connectivity index (χ2n) is 7.63. The Morgan fingerprint density at radius 3 is 2.29 bits per heavy atom. The number of amides is 1. The van der Waals surface area contributed by atoms with Crippen LogP contribution < -0.4 is 9.62 Å². The van der Waals surface area contributed by atoms with Gasteiger partial charge in [0.25, 0.3) is 15.9 Å². The van der Waals surface area contributed by atoms with Crippen LogP contribution in [0.2, 0.25) is 0 Å². The number of benzene rings is 3. The highest BCUT2D eigenvalue weighted by Crippen LogP contribution is 2.25. The molecular formula is C25H28N2O3S. The SMILES string of the molecule is CC[C@H](NC(=O)c1cccc(N(C)S(=O)(=O)c2ccc(C)cc2)c1)c1ccccc1C. The van der Waals surface area contributed by atoms with Crippen LogP contribution in [-0.2, 0) is 10.0 Å². The van der Waals surface area contributed by atoms with Gasteiger partial charge in [-0.2, -0.15) is 0 Å². The number of nitrogens with zero attached hydrogens (tertiary/aromatic N) is 1.